The molecular weight excluding hydrogens is 340 g/mol. The minimum absolute atomic E-state index is 0.290. The first-order valence-electron chi connectivity index (χ1n) is 9.21. The predicted octanol–water partition coefficient (Wildman–Crippen LogP) is 1.61. The van der Waals surface area contributed by atoms with Crippen LogP contribution < -0.4 is 4.74 Å². The molecule has 3 heterocycles. The van der Waals surface area contributed by atoms with Gasteiger partial charge in [-0.3, -0.25) is 0 Å². The Kier molecular flexibility index (Phi) is 5.73. The number of hydrogen-bond acceptors (Lipinski definition) is 7. The van der Waals surface area contributed by atoms with Gasteiger partial charge in [-0.2, -0.15) is 0 Å². The summed E-state index contributed by atoms with van der Waals surface area (Å²) in [4.78, 5) is 0. The Morgan fingerprint density at radius 1 is 1.12 bits per heavy atom. The Bertz CT molecular complexity index is 572. The molecule has 26 heavy (non-hydrogen) atoms. The van der Waals surface area contributed by atoms with Crippen LogP contribution in [0, 0.1) is 0 Å². The molecule has 0 amide bonds. The molecule has 3 aliphatic heterocycles. The average Bonchev–Trinajstić information content (AvgIpc) is 3.12. The highest BCUT2D eigenvalue weighted by atomic mass is 16.8. The molecule has 7 heteroatoms. The van der Waals surface area contributed by atoms with Crippen molar-refractivity contribution >= 4 is 0 Å². The molecule has 4 rings (SSSR count). The van der Waals surface area contributed by atoms with E-state index < -0.39 is 24.6 Å². The van der Waals surface area contributed by atoms with Crippen molar-refractivity contribution in [1.29, 1.82) is 0 Å². The second-order valence-electron chi connectivity index (χ2n) is 6.89. The van der Waals surface area contributed by atoms with Gasteiger partial charge in [0.25, 0.3) is 0 Å². The molecule has 7 nitrogen and oxygen atoms in total. The number of aliphatic hydroxyl groups excluding tert-OH is 1. The summed E-state index contributed by atoms with van der Waals surface area (Å²) in [5, 5.41) is 10.8. The Labute approximate surface area is 153 Å². The smallest absolute Gasteiger partial charge is 0.187 e. The summed E-state index contributed by atoms with van der Waals surface area (Å²) in [6, 6.07) is 7.61. The number of methoxy groups -OCH3 is 1. The highest BCUT2D eigenvalue weighted by Gasteiger charge is 2.52. The zero-order valence-electron chi connectivity index (χ0n) is 14.9. The van der Waals surface area contributed by atoms with Crippen molar-refractivity contribution in [3.8, 4) is 5.75 Å². The molecule has 3 unspecified atom stereocenters. The second kappa shape index (κ2) is 8.21. The van der Waals surface area contributed by atoms with E-state index in [1.807, 2.05) is 24.3 Å². The van der Waals surface area contributed by atoms with Crippen molar-refractivity contribution in [2.24, 2.45) is 0 Å². The van der Waals surface area contributed by atoms with Crippen molar-refractivity contribution < 1.29 is 33.5 Å². The maximum Gasteiger partial charge on any atom is 0.187 e. The first-order valence-corrected chi connectivity index (χ1v) is 9.21. The minimum Gasteiger partial charge on any atom is -0.497 e. The van der Waals surface area contributed by atoms with Crippen molar-refractivity contribution in [2.75, 3.05) is 20.3 Å². The maximum atomic E-state index is 10.8. The lowest BCUT2D eigenvalue weighted by molar-refractivity contribution is -0.288. The van der Waals surface area contributed by atoms with Gasteiger partial charge in [0.05, 0.1) is 20.3 Å². The van der Waals surface area contributed by atoms with Gasteiger partial charge in [-0.25, -0.2) is 0 Å². The first kappa shape index (κ1) is 18.2. The molecule has 3 fully saturated rings. The number of ether oxygens (including phenoxy) is 6. The number of hydrogen-bond donors (Lipinski definition) is 1. The van der Waals surface area contributed by atoms with E-state index >= 15 is 0 Å². The van der Waals surface area contributed by atoms with Gasteiger partial charge in [0.1, 0.15) is 30.2 Å². The average molecular weight is 366 g/mol. The predicted molar refractivity (Wildman–Crippen MR) is 90.7 cm³/mol. The molecule has 1 aromatic rings. The van der Waals surface area contributed by atoms with Gasteiger partial charge in [-0.15, -0.1) is 0 Å². The van der Waals surface area contributed by atoms with Gasteiger partial charge in [-0.05, 0) is 37.0 Å². The van der Waals surface area contributed by atoms with E-state index in [0.717, 1.165) is 30.6 Å². The van der Waals surface area contributed by atoms with Gasteiger partial charge >= 0.3 is 0 Å². The quantitative estimate of drug-likeness (QED) is 0.820. The third-order valence-corrected chi connectivity index (χ3v) is 5.09. The van der Waals surface area contributed by atoms with Crippen molar-refractivity contribution in [1.82, 2.24) is 0 Å². The number of rotatable bonds is 6. The molecular formula is C19H26O7. The maximum absolute atomic E-state index is 10.8. The number of aliphatic hydroxyl groups is 1. The highest BCUT2D eigenvalue weighted by molar-refractivity contribution is 5.26. The van der Waals surface area contributed by atoms with Crippen LogP contribution in [0.3, 0.4) is 0 Å². The fraction of sp³-hybridized carbons (Fsp3) is 0.684. The molecule has 1 aromatic carbocycles. The fourth-order valence-electron chi connectivity index (χ4n) is 3.61. The lowest BCUT2D eigenvalue weighted by atomic mass is 10.0. The summed E-state index contributed by atoms with van der Waals surface area (Å²) < 4.78 is 34.3. The Morgan fingerprint density at radius 3 is 2.69 bits per heavy atom. The molecule has 2 bridgehead atoms. The van der Waals surface area contributed by atoms with E-state index in [9.17, 15) is 5.11 Å². The van der Waals surface area contributed by atoms with E-state index in [0.29, 0.717) is 19.8 Å². The summed E-state index contributed by atoms with van der Waals surface area (Å²) >= 11 is 0. The third-order valence-electron chi connectivity index (χ3n) is 5.09. The largest absolute Gasteiger partial charge is 0.497 e. The lowest BCUT2D eigenvalue weighted by Gasteiger charge is -2.39. The topological polar surface area (TPSA) is 75.6 Å². The van der Waals surface area contributed by atoms with Crippen molar-refractivity contribution in [3.63, 3.8) is 0 Å². The molecule has 6 atom stereocenters. The van der Waals surface area contributed by atoms with Crippen LogP contribution in [0.2, 0.25) is 0 Å². The van der Waals surface area contributed by atoms with Crippen LogP contribution in [0.25, 0.3) is 0 Å². The number of fused-ring (bicyclic) bond motifs is 2. The van der Waals surface area contributed by atoms with Gasteiger partial charge in [0.15, 0.2) is 12.6 Å². The zero-order chi connectivity index (χ0) is 17.9. The monoisotopic (exact) mass is 366 g/mol. The molecule has 3 saturated heterocycles. The highest BCUT2D eigenvalue weighted by Crippen LogP contribution is 2.34. The standard InChI is InChI=1S/C19H26O7/c1-21-13-7-5-12(6-8-13)10-23-18-16(20)17(14-11-24-19(18)25-14)26-15-4-2-3-9-22-15/h5-8,14-20H,2-4,9-11H2,1H3/t14?,15?,16-,17-,18?,19-/m1/s1. The van der Waals surface area contributed by atoms with Crippen LogP contribution in [0.5, 0.6) is 5.75 Å². The minimum atomic E-state index is -0.829. The SMILES string of the molecule is COc1ccc(COC2[C@@H]3OCC(O3)[C@@H](OC3CCCCO3)[C@H]2O)cc1. The Balaban J connectivity index is 1.38. The van der Waals surface area contributed by atoms with Crippen molar-refractivity contribution in [2.45, 2.75) is 62.9 Å². The molecule has 0 spiro atoms. The van der Waals surface area contributed by atoms with E-state index in [-0.39, 0.29) is 12.4 Å². The van der Waals surface area contributed by atoms with E-state index in [4.69, 9.17) is 28.4 Å². The van der Waals surface area contributed by atoms with Gasteiger partial charge in [-0.1, -0.05) is 12.1 Å². The van der Waals surface area contributed by atoms with Crippen LogP contribution in [-0.2, 0) is 30.3 Å². The normalized spacial score (nSPS) is 36.8. The molecule has 0 aliphatic carbocycles. The summed E-state index contributed by atoms with van der Waals surface area (Å²) in [6.07, 6.45) is -0.167. The second-order valence-corrected chi connectivity index (χ2v) is 6.89. The van der Waals surface area contributed by atoms with E-state index in [1.54, 1.807) is 7.11 Å². The fourth-order valence-corrected chi connectivity index (χ4v) is 3.61. The molecule has 0 saturated carbocycles. The van der Waals surface area contributed by atoms with Crippen LogP contribution in [0.1, 0.15) is 24.8 Å². The Morgan fingerprint density at radius 2 is 1.96 bits per heavy atom. The molecule has 144 valence electrons. The van der Waals surface area contributed by atoms with Crippen LogP contribution in [0.15, 0.2) is 24.3 Å². The first-order chi connectivity index (χ1) is 12.7. The van der Waals surface area contributed by atoms with Crippen LogP contribution in [-0.4, -0.2) is 62.4 Å². The summed E-state index contributed by atoms with van der Waals surface area (Å²) in [6.45, 7) is 1.42. The van der Waals surface area contributed by atoms with E-state index in [1.165, 1.54) is 0 Å². The number of benzene rings is 1. The lowest BCUT2D eigenvalue weighted by Crippen LogP contribution is -2.56. The van der Waals surface area contributed by atoms with Crippen LogP contribution >= 0.6 is 0 Å². The van der Waals surface area contributed by atoms with Gasteiger partial charge < -0.3 is 33.5 Å². The molecule has 3 aliphatic rings. The van der Waals surface area contributed by atoms with Crippen molar-refractivity contribution in [3.05, 3.63) is 29.8 Å². The third kappa shape index (κ3) is 3.88. The molecule has 0 radical (unpaired) electrons. The Hall–Kier alpha value is -1.22. The zero-order valence-corrected chi connectivity index (χ0v) is 14.9. The van der Waals surface area contributed by atoms with Gasteiger partial charge in [0.2, 0.25) is 0 Å². The molecule has 0 aromatic heterocycles. The molecule has 1 N–H and O–H groups in total. The van der Waals surface area contributed by atoms with E-state index in [2.05, 4.69) is 0 Å². The van der Waals surface area contributed by atoms with Crippen LogP contribution in [0.4, 0.5) is 0 Å². The summed E-state index contributed by atoms with van der Waals surface area (Å²) in [5.41, 5.74) is 0.978. The summed E-state index contributed by atoms with van der Waals surface area (Å²) in [5.74, 6) is 0.790. The summed E-state index contributed by atoms with van der Waals surface area (Å²) in [7, 11) is 1.63. The van der Waals surface area contributed by atoms with Gasteiger partial charge in [0, 0.05) is 6.61 Å².